The van der Waals surface area contributed by atoms with Crippen molar-refractivity contribution in [1.82, 2.24) is 15.6 Å². The Morgan fingerprint density at radius 3 is 2.48 bits per heavy atom. The van der Waals surface area contributed by atoms with Crippen LogP contribution in [0.25, 0.3) is 0 Å². The molecule has 3 rings (SSSR count). The number of morpholine rings is 1. The van der Waals surface area contributed by atoms with E-state index < -0.39 is 11.8 Å². The lowest BCUT2D eigenvalue weighted by Gasteiger charge is -2.27. The Hall–Kier alpha value is -3.59. The minimum absolute atomic E-state index is 0.124. The van der Waals surface area contributed by atoms with Crippen LogP contribution in [0.5, 0.6) is 23.0 Å². The summed E-state index contributed by atoms with van der Waals surface area (Å²) in [5.74, 6) is 0.236. The second-order valence-corrected chi connectivity index (χ2v) is 9.60. The SMILES string of the molecule is CCOc1cc(/C=N\NC(=O)C(=O)NCCc2ccc(OC)c(OC)c2)cc(I)c1OCC(=O)N1CCOCC1. The molecule has 0 radical (unpaired) electrons. The van der Waals surface area contributed by atoms with Gasteiger partial charge in [-0.1, -0.05) is 6.07 Å². The molecule has 0 aliphatic carbocycles. The molecule has 0 aromatic heterocycles. The molecular formula is C27H33IN4O8. The van der Waals surface area contributed by atoms with Crippen molar-refractivity contribution in [2.24, 2.45) is 5.10 Å². The molecule has 1 aliphatic rings. The van der Waals surface area contributed by atoms with Crippen LogP contribution >= 0.6 is 22.6 Å². The molecule has 2 aromatic rings. The third-order valence-electron chi connectivity index (χ3n) is 5.77. The van der Waals surface area contributed by atoms with Crippen LogP contribution in [0.3, 0.4) is 0 Å². The second kappa shape index (κ2) is 15.9. The number of benzene rings is 2. The summed E-state index contributed by atoms with van der Waals surface area (Å²) < 4.78 is 28.0. The van der Waals surface area contributed by atoms with Gasteiger partial charge in [-0.3, -0.25) is 14.4 Å². The number of nitrogens with zero attached hydrogens (tertiary/aromatic N) is 2. The van der Waals surface area contributed by atoms with Crippen LogP contribution in [0.4, 0.5) is 0 Å². The zero-order chi connectivity index (χ0) is 28.9. The second-order valence-electron chi connectivity index (χ2n) is 8.44. The molecular weight excluding hydrogens is 635 g/mol. The van der Waals surface area contributed by atoms with Crippen molar-refractivity contribution < 1.29 is 38.1 Å². The fourth-order valence-corrected chi connectivity index (χ4v) is 4.54. The predicted molar refractivity (Wildman–Crippen MR) is 155 cm³/mol. The van der Waals surface area contributed by atoms with Gasteiger partial charge in [0.25, 0.3) is 5.91 Å². The van der Waals surface area contributed by atoms with E-state index in [1.807, 2.05) is 19.1 Å². The fraction of sp³-hybridized carbons (Fsp3) is 0.407. The number of nitrogens with one attached hydrogen (secondary N) is 2. The lowest BCUT2D eigenvalue weighted by atomic mass is 10.1. The molecule has 1 saturated heterocycles. The molecule has 40 heavy (non-hydrogen) atoms. The number of carbonyl (C=O) groups is 3. The highest BCUT2D eigenvalue weighted by atomic mass is 127. The average molecular weight is 668 g/mol. The fourth-order valence-electron chi connectivity index (χ4n) is 3.76. The Morgan fingerprint density at radius 1 is 1.02 bits per heavy atom. The van der Waals surface area contributed by atoms with Crippen LogP contribution in [-0.4, -0.2) is 89.1 Å². The maximum Gasteiger partial charge on any atom is 0.329 e. The zero-order valence-electron chi connectivity index (χ0n) is 22.7. The van der Waals surface area contributed by atoms with E-state index in [-0.39, 0.29) is 19.1 Å². The maximum absolute atomic E-state index is 12.5. The van der Waals surface area contributed by atoms with Crippen molar-refractivity contribution in [1.29, 1.82) is 0 Å². The van der Waals surface area contributed by atoms with Gasteiger partial charge in [-0.2, -0.15) is 5.10 Å². The first-order valence-corrected chi connectivity index (χ1v) is 13.7. The average Bonchev–Trinajstić information content (AvgIpc) is 2.97. The number of carbonyl (C=O) groups excluding carboxylic acids is 3. The number of amides is 3. The van der Waals surface area contributed by atoms with E-state index in [1.54, 1.807) is 37.3 Å². The van der Waals surface area contributed by atoms with E-state index in [2.05, 4.69) is 38.4 Å². The molecule has 3 amide bonds. The molecule has 2 aromatic carbocycles. The third kappa shape index (κ3) is 8.98. The van der Waals surface area contributed by atoms with Crippen LogP contribution in [0.15, 0.2) is 35.4 Å². The molecule has 1 fully saturated rings. The van der Waals surface area contributed by atoms with Crippen LogP contribution in [-0.2, 0) is 25.5 Å². The Balaban J connectivity index is 1.52. The summed E-state index contributed by atoms with van der Waals surface area (Å²) in [4.78, 5) is 38.5. The number of hydrazone groups is 1. The molecule has 216 valence electrons. The quantitative estimate of drug-likeness (QED) is 0.151. The number of rotatable bonds is 12. The van der Waals surface area contributed by atoms with E-state index in [0.29, 0.717) is 71.5 Å². The van der Waals surface area contributed by atoms with Crippen LogP contribution in [0.1, 0.15) is 18.1 Å². The molecule has 0 spiro atoms. The molecule has 0 unspecified atom stereocenters. The highest BCUT2D eigenvalue weighted by Gasteiger charge is 2.20. The van der Waals surface area contributed by atoms with Gasteiger partial charge in [0.05, 0.1) is 43.8 Å². The van der Waals surface area contributed by atoms with E-state index in [9.17, 15) is 14.4 Å². The Morgan fingerprint density at radius 2 is 1.77 bits per heavy atom. The third-order valence-corrected chi connectivity index (χ3v) is 6.57. The zero-order valence-corrected chi connectivity index (χ0v) is 24.8. The van der Waals surface area contributed by atoms with Crippen molar-refractivity contribution in [2.75, 3.05) is 60.3 Å². The predicted octanol–water partition coefficient (Wildman–Crippen LogP) is 1.75. The number of methoxy groups -OCH3 is 2. The normalized spacial score (nSPS) is 13.1. The number of ether oxygens (including phenoxy) is 5. The van der Waals surface area contributed by atoms with Crippen molar-refractivity contribution in [2.45, 2.75) is 13.3 Å². The summed E-state index contributed by atoms with van der Waals surface area (Å²) >= 11 is 2.08. The van der Waals surface area contributed by atoms with Crippen molar-refractivity contribution in [3.63, 3.8) is 0 Å². The van der Waals surface area contributed by atoms with Gasteiger partial charge in [-0.05, 0) is 71.3 Å². The molecule has 12 nitrogen and oxygen atoms in total. The van der Waals surface area contributed by atoms with E-state index in [1.165, 1.54) is 6.21 Å². The highest BCUT2D eigenvalue weighted by molar-refractivity contribution is 14.1. The number of halogens is 1. The molecule has 13 heteroatoms. The van der Waals surface area contributed by atoms with Crippen LogP contribution in [0, 0.1) is 3.57 Å². The van der Waals surface area contributed by atoms with E-state index in [0.717, 1.165) is 5.56 Å². The van der Waals surface area contributed by atoms with Crippen LogP contribution < -0.4 is 29.7 Å². The number of hydrogen-bond acceptors (Lipinski definition) is 9. The van der Waals surface area contributed by atoms with Gasteiger partial charge in [0.1, 0.15) is 0 Å². The van der Waals surface area contributed by atoms with Gasteiger partial charge in [0, 0.05) is 19.6 Å². The lowest BCUT2D eigenvalue weighted by molar-refractivity contribution is -0.139. The maximum atomic E-state index is 12.5. The first-order chi connectivity index (χ1) is 19.4. The Labute approximate surface area is 246 Å². The molecule has 1 heterocycles. The van der Waals surface area contributed by atoms with E-state index >= 15 is 0 Å². The summed E-state index contributed by atoms with van der Waals surface area (Å²) in [5, 5.41) is 6.45. The smallest absolute Gasteiger partial charge is 0.329 e. The van der Waals surface area contributed by atoms with Gasteiger partial charge in [0.15, 0.2) is 29.6 Å². The summed E-state index contributed by atoms with van der Waals surface area (Å²) in [5.41, 5.74) is 3.74. The summed E-state index contributed by atoms with van der Waals surface area (Å²) in [7, 11) is 3.10. The molecule has 0 saturated carbocycles. The van der Waals surface area contributed by atoms with Gasteiger partial charge in [0.2, 0.25) is 0 Å². The van der Waals surface area contributed by atoms with Gasteiger partial charge in [-0.25, -0.2) is 5.43 Å². The summed E-state index contributed by atoms with van der Waals surface area (Å²) in [6.45, 7) is 4.43. The number of hydrogen-bond donors (Lipinski definition) is 2. The molecule has 0 atom stereocenters. The van der Waals surface area contributed by atoms with Gasteiger partial charge < -0.3 is 33.9 Å². The van der Waals surface area contributed by atoms with Crippen molar-refractivity contribution >= 4 is 46.5 Å². The Kier molecular flexibility index (Phi) is 12.3. The summed E-state index contributed by atoms with van der Waals surface area (Å²) in [6, 6.07) is 8.88. The monoisotopic (exact) mass is 668 g/mol. The Bertz CT molecular complexity index is 1220. The van der Waals surface area contributed by atoms with Gasteiger partial charge >= 0.3 is 11.8 Å². The van der Waals surface area contributed by atoms with Crippen LogP contribution in [0.2, 0.25) is 0 Å². The lowest BCUT2D eigenvalue weighted by Crippen LogP contribution is -2.43. The minimum atomic E-state index is -0.898. The largest absolute Gasteiger partial charge is 0.493 e. The first kappa shape index (κ1) is 30.9. The van der Waals surface area contributed by atoms with Crippen molar-refractivity contribution in [3.05, 3.63) is 45.0 Å². The van der Waals surface area contributed by atoms with Crippen molar-refractivity contribution in [3.8, 4) is 23.0 Å². The minimum Gasteiger partial charge on any atom is -0.493 e. The molecule has 0 bridgehead atoms. The summed E-state index contributed by atoms with van der Waals surface area (Å²) in [6.07, 6.45) is 1.88. The molecule has 2 N–H and O–H groups in total. The standard InChI is InChI=1S/C27H33IN4O8/c1-4-39-23-15-19(13-20(28)25(23)40-17-24(33)32-9-11-38-12-10-32)16-30-31-27(35)26(34)29-8-7-18-5-6-21(36-2)22(14-18)37-3/h5-6,13-16H,4,7-12,17H2,1-3H3,(H,29,34)(H,31,35)/b30-16-. The topological polar surface area (TPSA) is 137 Å². The highest BCUT2D eigenvalue weighted by Crippen LogP contribution is 2.34. The first-order valence-electron chi connectivity index (χ1n) is 12.6. The molecule has 1 aliphatic heterocycles. The van der Waals surface area contributed by atoms with E-state index in [4.69, 9.17) is 23.7 Å². The van der Waals surface area contributed by atoms with Gasteiger partial charge in [-0.15, -0.1) is 0 Å².